The minimum absolute atomic E-state index is 0.00488. The smallest absolute Gasteiger partial charge is 0.272 e. The highest BCUT2D eigenvalue weighted by molar-refractivity contribution is 14.1. The molecule has 0 radical (unpaired) electrons. The molecule has 0 saturated heterocycles. The van der Waals surface area contributed by atoms with E-state index in [0.29, 0.717) is 28.3 Å². The van der Waals surface area contributed by atoms with Crippen LogP contribution in [0.4, 0.5) is 11.4 Å². The molecule has 1 unspecified atom stereocenters. The first kappa shape index (κ1) is 34.3. The Bertz CT molecular complexity index is 1900. The van der Waals surface area contributed by atoms with Crippen LogP contribution in [0.2, 0.25) is 0 Å². The Kier molecular flexibility index (Phi) is 11.9. The zero-order chi connectivity index (χ0) is 33.9. The van der Waals surface area contributed by atoms with E-state index in [4.69, 9.17) is 9.47 Å². The number of anilines is 2. The van der Waals surface area contributed by atoms with E-state index >= 15 is 0 Å². The molecule has 1 atom stereocenters. The minimum Gasteiger partial charge on any atom is -0.497 e. The van der Waals surface area contributed by atoms with E-state index in [1.807, 2.05) is 72.8 Å². The molecule has 10 heteroatoms. The van der Waals surface area contributed by atoms with Crippen molar-refractivity contribution in [1.82, 2.24) is 5.32 Å². The third-order valence-corrected chi connectivity index (χ3v) is 9.07. The molecule has 3 amide bonds. The van der Waals surface area contributed by atoms with Crippen LogP contribution in [0.3, 0.4) is 0 Å². The molecule has 0 heterocycles. The summed E-state index contributed by atoms with van der Waals surface area (Å²) in [6, 6.07) is 38.2. The van der Waals surface area contributed by atoms with Crippen molar-refractivity contribution in [2.45, 2.75) is 10.1 Å². The van der Waals surface area contributed by atoms with Crippen molar-refractivity contribution < 1.29 is 23.9 Å². The fourth-order valence-electron chi connectivity index (χ4n) is 4.64. The van der Waals surface area contributed by atoms with Crippen LogP contribution in [0.25, 0.3) is 6.08 Å². The van der Waals surface area contributed by atoms with Gasteiger partial charge in [-0.05, 0) is 113 Å². The molecular weight excluding hydrogens is 737 g/mol. The lowest BCUT2D eigenvalue weighted by Crippen LogP contribution is -2.30. The highest BCUT2D eigenvalue weighted by Crippen LogP contribution is 2.37. The zero-order valence-electron chi connectivity index (χ0n) is 26.1. The number of nitrogens with one attached hydrogen (secondary N) is 3. The largest absolute Gasteiger partial charge is 0.497 e. The topological polar surface area (TPSA) is 106 Å². The van der Waals surface area contributed by atoms with Crippen molar-refractivity contribution >= 4 is 69.5 Å². The molecule has 0 aliphatic carbocycles. The Morgan fingerprint density at radius 1 is 0.729 bits per heavy atom. The standard InChI is InChI=1S/C38H32IN3O5S/c1-46-31-19-22-34(47-2)27(23-31)24-33(42-36(43)26-11-7-4-8-12-26)37(44)40-30-17-20-32(21-18-30)48-35(25-9-5-3-6-10-25)38(45)41-29-15-13-28(39)14-16-29/h3-24,35H,1-2H3,(H,40,44)(H,41,45)(H,42,43)/b33-24-. The van der Waals surface area contributed by atoms with Crippen molar-refractivity contribution in [3.8, 4) is 11.5 Å². The summed E-state index contributed by atoms with van der Waals surface area (Å²) in [5.74, 6) is -0.0767. The van der Waals surface area contributed by atoms with Gasteiger partial charge in [-0.3, -0.25) is 14.4 Å². The lowest BCUT2D eigenvalue weighted by molar-refractivity contribution is -0.116. The second-order valence-electron chi connectivity index (χ2n) is 10.4. The maximum atomic E-state index is 13.6. The average Bonchev–Trinajstić information content (AvgIpc) is 3.12. The van der Waals surface area contributed by atoms with Gasteiger partial charge in [-0.15, -0.1) is 11.8 Å². The molecule has 0 bridgehead atoms. The van der Waals surface area contributed by atoms with Gasteiger partial charge in [-0.25, -0.2) is 0 Å². The van der Waals surface area contributed by atoms with Crippen LogP contribution in [0.15, 0.2) is 138 Å². The summed E-state index contributed by atoms with van der Waals surface area (Å²) in [6.45, 7) is 0. The number of hydrogen-bond acceptors (Lipinski definition) is 6. The van der Waals surface area contributed by atoms with Gasteiger partial charge in [0.25, 0.3) is 11.8 Å². The number of carbonyl (C=O) groups is 3. The van der Waals surface area contributed by atoms with Crippen molar-refractivity contribution in [1.29, 1.82) is 0 Å². The molecule has 5 aromatic carbocycles. The number of carbonyl (C=O) groups excluding carboxylic acids is 3. The summed E-state index contributed by atoms with van der Waals surface area (Å²) in [5.41, 5.74) is 3.02. The molecule has 8 nitrogen and oxygen atoms in total. The number of thioether (sulfide) groups is 1. The van der Waals surface area contributed by atoms with Crippen LogP contribution in [0, 0.1) is 3.57 Å². The number of methoxy groups -OCH3 is 2. The van der Waals surface area contributed by atoms with E-state index in [2.05, 4.69) is 38.5 Å². The van der Waals surface area contributed by atoms with Crippen molar-refractivity contribution in [3.63, 3.8) is 0 Å². The van der Waals surface area contributed by atoms with Gasteiger partial charge < -0.3 is 25.4 Å². The predicted molar refractivity (Wildman–Crippen MR) is 199 cm³/mol. The summed E-state index contributed by atoms with van der Waals surface area (Å²) in [4.78, 5) is 41.0. The van der Waals surface area contributed by atoms with Gasteiger partial charge in [-0.1, -0.05) is 48.5 Å². The molecule has 0 fully saturated rings. The number of rotatable bonds is 12. The molecule has 0 aliphatic heterocycles. The number of hydrogen-bond donors (Lipinski definition) is 3. The molecule has 5 rings (SSSR count). The Hall–Kier alpha value is -5.07. The van der Waals surface area contributed by atoms with E-state index < -0.39 is 17.1 Å². The van der Waals surface area contributed by atoms with E-state index in [9.17, 15) is 14.4 Å². The minimum atomic E-state index is -0.538. The van der Waals surface area contributed by atoms with E-state index in [1.54, 1.807) is 67.8 Å². The lowest BCUT2D eigenvalue weighted by Gasteiger charge is -2.18. The number of halogens is 1. The van der Waals surface area contributed by atoms with Gasteiger partial charge in [0.15, 0.2) is 0 Å². The Morgan fingerprint density at radius 2 is 1.35 bits per heavy atom. The van der Waals surface area contributed by atoms with Crippen LogP contribution < -0.4 is 25.4 Å². The van der Waals surface area contributed by atoms with Crippen LogP contribution in [-0.4, -0.2) is 31.9 Å². The summed E-state index contributed by atoms with van der Waals surface area (Å²) in [7, 11) is 3.07. The van der Waals surface area contributed by atoms with Crippen molar-refractivity contribution in [2.24, 2.45) is 0 Å². The molecule has 242 valence electrons. The van der Waals surface area contributed by atoms with Crippen LogP contribution in [0.1, 0.15) is 26.7 Å². The van der Waals surface area contributed by atoms with E-state index in [0.717, 1.165) is 19.7 Å². The summed E-state index contributed by atoms with van der Waals surface area (Å²) >= 11 is 3.63. The van der Waals surface area contributed by atoms with Gasteiger partial charge in [0, 0.05) is 31.0 Å². The molecule has 5 aromatic rings. The third-order valence-electron chi connectivity index (χ3n) is 7.08. The molecule has 0 aliphatic rings. The van der Waals surface area contributed by atoms with Gasteiger partial charge >= 0.3 is 0 Å². The van der Waals surface area contributed by atoms with E-state index in [-0.39, 0.29) is 11.6 Å². The zero-order valence-corrected chi connectivity index (χ0v) is 29.1. The average molecular weight is 770 g/mol. The fraction of sp³-hybridized carbons (Fsp3) is 0.0789. The Labute approximate surface area is 297 Å². The Morgan fingerprint density at radius 3 is 2.00 bits per heavy atom. The SMILES string of the molecule is COc1ccc(OC)c(/C=C(\NC(=O)c2ccccc2)C(=O)Nc2ccc(SC(C(=O)Nc3ccc(I)cc3)c3ccccc3)cc2)c1. The van der Waals surface area contributed by atoms with Gasteiger partial charge in [0.2, 0.25) is 5.91 Å². The van der Waals surface area contributed by atoms with E-state index in [1.165, 1.54) is 18.9 Å². The molecule has 3 N–H and O–H groups in total. The maximum Gasteiger partial charge on any atom is 0.272 e. The first-order chi connectivity index (χ1) is 23.3. The molecule has 0 saturated carbocycles. The molecular formula is C38H32IN3O5S. The van der Waals surface area contributed by atoms with Crippen LogP contribution in [-0.2, 0) is 9.59 Å². The molecule has 0 spiro atoms. The quantitative estimate of drug-likeness (QED) is 0.0672. The number of amides is 3. The molecule has 0 aromatic heterocycles. The summed E-state index contributed by atoms with van der Waals surface area (Å²) in [6.07, 6.45) is 1.54. The third kappa shape index (κ3) is 9.26. The summed E-state index contributed by atoms with van der Waals surface area (Å²) < 4.78 is 11.9. The van der Waals surface area contributed by atoms with Gasteiger partial charge in [0.1, 0.15) is 22.4 Å². The highest BCUT2D eigenvalue weighted by atomic mass is 127. The number of benzene rings is 5. The summed E-state index contributed by atoms with van der Waals surface area (Å²) in [5, 5.41) is 8.12. The second-order valence-corrected chi connectivity index (χ2v) is 12.8. The first-order valence-corrected chi connectivity index (χ1v) is 16.8. The van der Waals surface area contributed by atoms with Gasteiger partial charge in [0.05, 0.1) is 14.2 Å². The van der Waals surface area contributed by atoms with Gasteiger partial charge in [-0.2, -0.15) is 0 Å². The predicted octanol–water partition coefficient (Wildman–Crippen LogP) is 8.19. The highest BCUT2D eigenvalue weighted by Gasteiger charge is 2.23. The van der Waals surface area contributed by atoms with Crippen molar-refractivity contribution in [2.75, 3.05) is 24.9 Å². The van der Waals surface area contributed by atoms with Crippen molar-refractivity contribution in [3.05, 3.63) is 153 Å². The second kappa shape index (κ2) is 16.7. The maximum absolute atomic E-state index is 13.6. The first-order valence-electron chi connectivity index (χ1n) is 14.8. The lowest BCUT2D eigenvalue weighted by atomic mass is 10.1. The molecule has 48 heavy (non-hydrogen) atoms. The normalized spacial score (nSPS) is 11.6. The monoisotopic (exact) mass is 769 g/mol. The number of ether oxygens (including phenoxy) is 2. The van der Waals surface area contributed by atoms with Crippen LogP contribution in [0.5, 0.6) is 11.5 Å². The Balaban J connectivity index is 1.36. The fourth-order valence-corrected chi connectivity index (χ4v) is 6.03. The van der Waals surface area contributed by atoms with Crippen LogP contribution >= 0.6 is 34.4 Å².